The standard InChI is InChI=1S/C16H17ClN2O4S/c17-13-5-1-2-7-15(13)24(21,22)19-9-4-8-18(10-11-19)16(20)14-6-3-12-23-14/h1-3,5-7,12H,4,8-11H2. The molecule has 0 spiro atoms. The van der Waals surface area contributed by atoms with Crippen molar-refractivity contribution in [2.75, 3.05) is 26.2 Å². The van der Waals surface area contributed by atoms with Crippen LogP contribution in [0.15, 0.2) is 52.0 Å². The zero-order valence-electron chi connectivity index (χ0n) is 12.9. The summed E-state index contributed by atoms with van der Waals surface area (Å²) in [6.45, 7) is 1.35. The molecule has 128 valence electrons. The molecular formula is C16H17ClN2O4S. The molecular weight excluding hydrogens is 352 g/mol. The summed E-state index contributed by atoms with van der Waals surface area (Å²) in [7, 11) is -3.68. The molecule has 0 aliphatic carbocycles. The molecule has 6 nitrogen and oxygen atoms in total. The third-order valence-corrected chi connectivity index (χ3v) is 6.33. The number of hydrogen-bond acceptors (Lipinski definition) is 4. The molecule has 1 fully saturated rings. The van der Waals surface area contributed by atoms with Gasteiger partial charge in [-0.05, 0) is 30.7 Å². The van der Waals surface area contributed by atoms with Gasteiger partial charge in [0.1, 0.15) is 4.90 Å². The summed E-state index contributed by atoms with van der Waals surface area (Å²) in [6, 6.07) is 9.63. The van der Waals surface area contributed by atoms with Crippen molar-refractivity contribution in [3.8, 4) is 0 Å². The second-order valence-corrected chi connectivity index (χ2v) is 7.77. The number of sulfonamides is 1. The van der Waals surface area contributed by atoms with Crippen LogP contribution < -0.4 is 0 Å². The van der Waals surface area contributed by atoms with Crippen LogP contribution in [0.5, 0.6) is 0 Å². The summed E-state index contributed by atoms with van der Waals surface area (Å²) in [6.07, 6.45) is 2.00. The number of rotatable bonds is 3. The molecule has 0 bridgehead atoms. The van der Waals surface area contributed by atoms with Gasteiger partial charge in [-0.2, -0.15) is 4.31 Å². The zero-order chi connectivity index (χ0) is 17.2. The monoisotopic (exact) mass is 368 g/mol. The molecule has 24 heavy (non-hydrogen) atoms. The van der Waals surface area contributed by atoms with Crippen LogP contribution in [0.2, 0.25) is 5.02 Å². The van der Waals surface area contributed by atoms with Gasteiger partial charge in [0.2, 0.25) is 10.0 Å². The van der Waals surface area contributed by atoms with Crippen LogP contribution >= 0.6 is 11.6 Å². The second-order valence-electron chi connectivity index (χ2n) is 5.46. The molecule has 2 heterocycles. The van der Waals surface area contributed by atoms with E-state index in [0.29, 0.717) is 26.1 Å². The largest absolute Gasteiger partial charge is 0.459 e. The number of carbonyl (C=O) groups is 1. The molecule has 1 aromatic carbocycles. The number of amides is 1. The van der Waals surface area contributed by atoms with Crippen molar-refractivity contribution >= 4 is 27.5 Å². The molecule has 1 aliphatic heterocycles. The van der Waals surface area contributed by atoms with Crippen molar-refractivity contribution in [2.24, 2.45) is 0 Å². The number of nitrogens with zero attached hydrogens (tertiary/aromatic N) is 2. The Bertz CT molecular complexity index is 820. The molecule has 0 saturated carbocycles. The lowest BCUT2D eigenvalue weighted by atomic mass is 10.3. The summed E-state index contributed by atoms with van der Waals surface area (Å²) in [5, 5.41) is 0.199. The Labute approximate surface area is 145 Å². The average Bonchev–Trinajstić information content (AvgIpc) is 2.98. The summed E-state index contributed by atoms with van der Waals surface area (Å²) >= 11 is 6.03. The Kier molecular flexibility index (Phi) is 4.93. The van der Waals surface area contributed by atoms with Crippen molar-refractivity contribution in [1.82, 2.24) is 9.21 Å². The first kappa shape index (κ1) is 17.0. The quantitative estimate of drug-likeness (QED) is 0.834. The van der Waals surface area contributed by atoms with Crippen molar-refractivity contribution in [3.05, 3.63) is 53.4 Å². The predicted octanol–water partition coefficient (Wildman–Crippen LogP) is 2.47. The number of halogens is 1. The average molecular weight is 369 g/mol. The Morgan fingerprint density at radius 1 is 1.04 bits per heavy atom. The third-order valence-electron chi connectivity index (χ3n) is 3.93. The van der Waals surface area contributed by atoms with Gasteiger partial charge in [0, 0.05) is 26.2 Å². The highest BCUT2D eigenvalue weighted by Crippen LogP contribution is 2.25. The molecule has 8 heteroatoms. The molecule has 0 N–H and O–H groups in total. The maximum Gasteiger partial charge on any atom is 0.289 e. The first-order chi connectivity index (χ1) is 11.5. The normalized spacial score (nSPS) is 16.8. The highest BCUT2D eigenvalue weighted by molar-refractivity contribution is 7.89. The summed E-state index contributed by atoms with van der Waals surface area (Å²) < 4.78 is 32.1. The summed E-state index contributed by atoms with van der Waals surface area (Å²) in [4.78, 5) is 14.0. The van der Waals surface area contributed by atoms with E-state index in [-0.39, 0.29) is 28.1 Å². The van der Waals surface area contributed by atoms with Gasteiger partial charge in [0.05, 0.1) is 11.3 Å². The van der Waals surface area contributed by atoms with Crippen molar-refractivity contribution < 1.29 is 17.6 Å². The number of benzene rings is 1. The van der Waals surface area contributed by atoms with E-state index in [1.165, 1.54) is 16.6 Å². The van der Waals surface area contributed by atoms with E-state index in [4.69, 9.17) is 16.0 Å². The van der Waals surface area contributed by atoms with E-state index >= 15 is 0 Å². The fraction of sp³-hybridized carbons (Fsp3) is 0.312. The van der Waals surface area contributed by atoms with Gasteiger partial charge in [-0.1, -0.05) is 23.7 Å². The van der Waals surface area contributed by atoms with E-state index in [1.54, 1.807) is 35.2 Å². The Hall–Kier alpha value is -1.83. The third kappa shape index (κ3) is 3.33. The predicted molar refractivity (Wildman–Crippen MR) is 89.4 cm³/mol. The number of furan rings is 1. The van der Waals surface area contributed by atoms with Gasteiger partial charge in [0.25, 0.3) is 5.91 Å². The van der Waals surface area contributed by atoms with Gasteiger partial charge < -0.3 is 9.32 Å². The minimum Gasteiger partial charge on any atom is -0.459 e. The molecule has 1 amide bonds. The lowest BCUT2D eigenvalue weighted by molar-refractivity contribution is 0.0732. The van der Waals surface area contributed by atoms with E-state index in [1.807, 2.05) is 0 Å². The summed E-state index contributed by atoms with van der Waals surface area (Å²) in [5.74, 6) is 0.0365. The molecule has 1 aromatic heterocycles. The lowest BCUT2D eigenvalue weighted by Crippen LogP contribution is -2.37. The maximum atomic E-state index is 12.8. The fourth-order valence-electron chi connectivity index (χ4n) is 2.69. The van der Waals surface area contributed by atoms with Crippen LogP contribution in [0, 0.1) is 0 Å². The fourth-order valence-corrected chi connectivity index (χ4v) is 4.65. The van der Waals surface area contributed by atoms with E-state index in [2.05, 4.69) is 0 Å². The summed E-state index contributed by atoms with van der Waals surface area (Å²) in [5.41, 5.74) is 0. The van der Waals surface area contributed by atoms with Gasteiger partial charge in [-0.3, -0.25) is 4.79 Å². The van der Waals surface area contributed by atoms with Crippen LogP contribution in [0.1, 0.15) is 17.0 Å². The molecule has 0 radical (unpaired) electrons. The maximum absolute atomic E-state index is 12.8. The SMILES string of the molecule is O=C(c1ccco1)N1CCCN(S(=O)(=O)c2ccccc2Cl)CC1. The molecule has 3 rings (SSSR count). The van der Waals surface area contributed by atoms with Crippen LogP contribution in [0.3, 0.4) is 0 Å². The van der Waals surface area contributed by atoms with Crippen LogP contribution in [0.25, 0.3) is 0 Å². The Morgan fingerprint density at radius 2 is 1.83 bits per heavy atom. The van der Waals surface area contributed by atoms with Crippen molar-refractivity contribution in [1.29, 1.82) is 0 Å². The van der Waals surface area contributed by atoms with Gasteiger partial charge in [-0.25, -0.2) is 8.42 Å². The molecule has 1 aliphatic rings. The lowest BCUT2D eigenvalue weighted by Gasteiger charge is -2.21. The molecule has 1 saturated heterocycles. The molecule has 0 unspecified atom stereocenters. The minimum absolute atomic E-state index is 0.0949. The van der Waals surface area contributed by atoms with Crippen molar-refractivity contribution in [3.63, 3.8) is 0 Å². The van der Waals surface area contributed by atoms with E-state index in [9.17, 15) is 13.2 Å². The topological polar surface area (TPSA) is 70.8 Å². The van der Waals surface area contributed by atoms with Crippen molar-refractivity contribution in [2.45, 2.75) is 11.3 Å². The van der Waals surface area contributed by atoms with Gasteiger partial charge in [0.15, 0.2) is 5.76 Å². The number of hydrogen-bond donors (Lipinski definition) is 0. The first-order valence-corrected chi connectivity index (χ1v) is 9.39. The number of carbonyl (C=O) groups excluding carboxylic acids is 1. The highest BCUT2D eigenvalue weighted by atomic mass is 35.5. The Balaban J connectivity index is 1.76. The second kappa shape index (κ2) is 6.96. The minimum atomic E-state index is -3.68. The molecule has 0 atom stereocenters. The van der Waals surface area contributed by atoms with Crippen LogP contribution in [-0.2, 0) is 10.0 Å². The Morgan fingerprint density at radius 3 is 2.54 bits per heavy atom. The van der Waals surface area contributed by atoms with Crippen LogP contribution in [-0.4, -0.2) is 49.7 Å². The van der Waals surface area contributed by atoms with Gasteiger partial charge in [-0.15, -0.1) is 0 Å². The van der Waals surface area contributed by atoms with Gasteiger partial charge >= 0.3 is 0 Å². The van der Waals surface area contributed by atoms with E-state index in [0.717, 1.165) is 0 Å². The highest BCUT2D eigenvalue weighted by Gasteiger charge is 2.30. The van der Waals surface area contributed by atoms with E-state index < -0.39 is 10.0 Å². The van der Waals surface area contributed by atoms with Crippen LogP contribution in [0.4, 0.5) is 0 Å². The first-order valence-electron chi connectivity index (χ1n) is 7.57. The smallest absolute Gasteiger partial charge is 0.289 e. The molecule has 2 aromatic rings. The zero-order valence-corrected chi connectivity index (χ0v) is 14.5.